The van der Waals surface area contributed by atoms with Crippen molar-refractivity contribution >= 4 is 0 Å². The van der Waals surface area contributed by atoms with Gasteiger partial charge in [-0.1, -0.05) is 12.8 Å². The molecule has 0 aromatic carbocycles. The van der Waals surface area contributed by atoms with Gasteiger partial charge in [0.1, 0.15) is 0 Å². The molecule has 88 valence electrons. The van der Waals surface area contributed by atoms with Gasteiger partial charge in [0.25, 0.3) is 0 Å². The highest BCUT2D eigenvalue weighted by molar-refractivity contribution is 4.82. The van der Waals surface area contributed by atoms with Crippen molar-refractivity contribution in [3.05, 3.63) is 0 Å². The fourth-order valence-electron chi connectivity index (χ4n) is 2.84. The van der Waals surface area contributed by atoms with Crippen LogP contribution < -0.4 is 5.32 Å². The van der Waals surface area contributed by atoms with E-state index in [1.54, 1.807) is 0 Å². The maximum atomic E-state index is 3.70. The second-order valence-electron chi connectivity index (χ2n) is 5.47. The first-order chi connectivity index (χ1) is 7.27. The zero-order valence-corrected chi connectivity index (χ0v) is 10.3. The molecule has 2 atom stereocenters. The second kappa shape index (κ2) is 5.31. The number of nitrogens with zero attached hydrogens (tertiary/aromatic N) is 1. The molecule has 1 aliphatic carbocycles. The van der Waals surface area contributed by atoms with Crippen LogP contribution in [0.15, 0.2) is 0 Å². The number of hydrogen-bond acceptors (Lipinski definition) is 2. The predicted octanol–water partition coefficient (Wildman–Crippen LogP) is 2.39. The summed E-state index contributed by atoms with van der Waals surface area (Å²) in [6.45, 7) is 7.27. The van der Waals surface area contributed by atoms with E-state index >= 15 is 0 Å². The lowest BCUT2D eigenvalue weighted by Crippen LogP contribution is -2.50. The maximum absolute atomic E-state index is 3.70. The molecule has 1 N–H and O–H groups in total. The number of nitrogens with one attached hydrogen (secondary N) is 1. The van der Waals surface area contributed by atoms with E-state index in [2.05, 4.69) is 24.1 Å². The Kier molecular flexibility index (Phi) is 4.04. The third-order valence-corrected chi connectivity index (χ3v) is 4.23. The smallest absolute Gasteiger partial charge is 0.0195 e. The fourth-order valence-corrected chi connectivity index (χ4v) is 2.84. The summed E-state index contributed by atoms with van der Waals surface area (Å²) >= 11 is 0. The molecule has 1 saturated carbocycles. The zero-order valence-electron chi connectivity index (χ0n) is 10.3. The first-order valence-electron chi connectivity index (χ1n) is 6.76. The highest BCUT2D eigenvalue weighted by Gasteiger charge is 2.24. The molecule has 0 spiro atoms. The van der Waals surface area contributed by atoms with Crippen molar-refractivity contribution in [2.75, 3.05) is 13.1 Å². The van der Waals surface area contributed by atoms with E-state index in [0.717, 1.165) is 18.1 Å². The van der Waals surface area contributed by atoms with Crippen molar-refractivity contribution in [3.8, 4) is 0 Å². The van der Waals surface area contributed by atoms with Gasteiger partial charge in [-0.15, -0.1) is 0 Å². The minimum atomic E-state index is 0.723. The third-order valence-electron chi connectivity index (χ3n) is 4.23. The molecular formula is C13H26N2. The van der Waals surface area contributed by atoms with Crippen molar-refractivity contribution in [1.29, 1.82) is 0 Å². The summed E-state index contributed by atoms with van der Waals surface area (Å²) in [5, 5.41) is 3.70. The van der Waals surface area contributed by atoms with E-state index in [1.807, 2.05) is 0 Å². The van der Waals surface area contributed by atoms with Crippen LogP contribution in [0.2, 0.25) is 0 Å². The van der Waals surface area contributed by atoms with Gasteiger partial charge in [0, 0.05) is 24.7 Å². The molecule has 0 radical (unpaired) electrons. The van der Waals surface area contributed by atoms with Crippen LogP contribution in [0.25, 0.3) is 0 Å². The normalized spacial score (nSPS) is 31.2. The van der Waals surface area contributed by atoms with Crippen LogP contribution in [0.3, 0.4) is 0 Å². The van der Waals surface area contributed by atoms with E-state index in [1.165, 1.54) is 51.6 Å². The van der Waals surface area contributed by atoms with E-state index in [4.69, 9.17) is 0 Å². The molecule has 2 fully saturated rings. The lowest BCUT2D eigenvalue weighted by molar-refractivity contribution is 0.109. The van der Waals surface area contributed by atoms with Crippen LogP contribution in [-0.2, 0) is 0 Å². The van der Waals surface area contributed by atoms with Crippen LogP contribution in [0, 0.1) is 0 Å². The average Bonchev–Trinajstić information content (AvgIpc) is 2.16. The molecule has 1 heterocycles. The van der Waals surface area contributed by atoms with Crippen LogP contribution in [-0.4, -0.2) is 36.1 Å². The van der Waals surface area contributed by atoms with Gasteiger partial charge in [-0.05, 0) is 46.1 Å². The molecule has 2 rings (SSSR count). The van der Waals surface area contributed by atoms with Gasteiger partial charge in [0.05, 0.1) is 0 Å². The summed E-state index contributed by atoms with van der Waals surface area (Å²) < 4.78 is 0. The lowest BCUT2D eigenvalue weighted by Gasteiger charge is -2.39. The van der Waals surface area contributed by atoms with Gasteiger partial charge in [-0.25, -0.2) is 0 Å². The zero-order chi connectivity index (χ0) is 10.7. The SMILES string of the molecule is CC1CCCCN1C(C)CNC1CCC1. The summed E-state index contributed by atoms with van der Waals surface area (Å²) in [7, 11) is 0. The molecule has 2 nitrogen and oxygen atoms in total. The fraction of sp³-hybridized carbons (Fsp3) is 1.00. The van der Waals surface area contributed by atoms with Crippen LogP contribution in [0.4, 0.5) is 0 Å². The molecule has 2 unspecified atom stereocenters. The lowest BCUT2D eigenvalue weighted by atomic mass is 9.93. The summed E-state index contributed by atoms with van der Waals surface area (Å²) in [5.74, 6) is 0. The second-order valence-corrected chi connectivity index (χ2v) is 5.47. The highest BCUT2D eigenvalue weighted by atomic mass is 15.2. The van der Waals surface area contributed by atoms with Crippen molar-refractivity contribution in [1.82, 2.24) is 10.2 Å². The summed E-state index contributed by atoms with van der Waals surface area (Å²) in [5.41, 5.74) is 0. The van der Waals surface area contributed by atoms with Crippen molar-refractivity contribution in [2.24, 2.45) is 0 Å². The first-order valence-corrected chi connectivity index (χ1v) is 6.76. The van der Waals surface area contributed by atoms with E-state index in [-0.39, 0.29) is 0 Å². The predicted molar refractivity (Wildman–Crippen MR) is 65.1 cm³/mol. The minimum absolute atomic E-state index is 0.723. The molecule has 1 saturated heterocycles. The number of likely N-dealkylation sites (tertiary alicyclic amines) is 1. The molecule has 1 aliphatic heterocycles. The average molecular weight is 210 g/mol. The monoisotopic (exact) mass is 210 g/mol. The van der Waals surface area contributed by atoms with Gasteiger partial charge in [-0.3, -0.25) is 4.90 Å². The quantitative estimate of drug-likeness (QED) is 0.766. The minimum Gasteiger partial charge on any atom is -0.312 e. The topological polar surface area (TPSA) is 15.3 Å². The first kappa shape index (κ1) is 11.4. The van der Waals surface area contributed by atoms with E-state index in [0.29, 0.717) is 0 Å². The molecule has 0 bridgehead atoms. The van der Waals surface area contributed by atoms with Gasteiger partial charge in [0.2, 0.25) is 0 Å². The molecular weight excluding hydrogens is 184 g/mol. The summed E-state index contributed by atoms with van der Waals surface area (Å²) in [4.78, 5) is 2.69. The maximum Gasteiger partial charge on any atom is 0.0195 e. The molecule has 0 aromatic heterocycles. The van der Waals surface area contributed by atoms with Gasteiger partial charge >= 0.3 is 0 Å². The van der Waals surface area contributed by atoms with Crippen LogP contribution in [0.5, 0.6) is 0 Å². The Bertz CT molecular complexity index is 189. The molecule has 2 aliphatic rings. The molecule has 2 heteroatoms. The Labute approximate surface area is 94.4 Å². The Hall–Kier alpha value is -0.0800. The van der Waals surface area contributed by atoms with Crippen molar-refractivity contribution < 1.29 is 0 Å². The van der Waals surface area contributed by atoms with E-state index in [9.17, 15) is 0 Å². The highest BCUT2D eigenvalue weighted by Crippen LogP contribution is 2.20. The van der Waals surface area contributed by atoms with Crippen molar-refractivity contribution in [3.63, 3.8) is 0 Å². The Balaban J connectivity index is 1.70. The Morgan fingerprint density at radius 1 is 1.20 bits per heavy atom. The molecule has 15 heavy (non-hydrogen) atoms. The van der Waals surface area contributed by atoms with Gasteiger partial charge in [-0.2, -0.15) is 0 Å². The molecule has 0 amide bonds. The Morgan fingerprint density at radius 2 is 2.00 bits per heavy atom. The number of piperidine rings is 1. The third kappa shape index (κ3) is 2.94. The number of rotatable bonds is 4. The van der Waals surface area contributed by atoms with Gasteiger partial charge in [0.15, 0.2) is 0 Å². The summed E-state index contributed by atoms with van der Waals surface area (Å²) in [6.07, 6.45) is 8.48. The van der Waals surface area contributed by atoms with Crippen LogP contribution >= 0.6 is 0 Å². The molecule has 0 aromatic rings. The van der Waals surface area contributed by atoms with E-state index < -0.39 is 0 Å². The number of hydrogen-bond donors (Lipinski definition) is 1. The Morgan fingerprint density at radius 3 is 2.60 bits per heavy atom. The van der Waals surface area contributed by atoms with Crippen LogP contribution in [0.1, 0.15) is 52.4 Å². The summed E-state index contributed by atoms with van der Waals surface area (Å²) in [6, 6.07) is 2.37. The van der Waals surface area contributed by atoms with Gasteiger partial charge < -0.3 is 5.32 Å². The standard InChI is InChI=1S/C13H26N2/c1-11-6-3-4-9-15(11)12(2)10-14-13-7-5-8-13/h11-14H,3-10H2,1-2H3. The largest absolute Gasteiger partial charge is 0.312 e. The van der Waals surface area contributed by atoms with Crippen molar-refractivity contribution in [2.45, 2.75) is 70.5 Å².